The molecule has 1 aliphatic rings. The van der Waals surface area contributed by atoms with Crippen molar-refractivity contribution in [2.45, 2.75) is 58.3 Å². The lowest BCUT2D eigenvalue weighted by atomic mass is 10.0. The highest BCUT2D eigenvalue weighted by atomic mass is 79.9. The van der Waals surface area contributed by atoms with Crippen LogP contribution in [0.3, 0.4) is 0 Å². The molecular weight excluding hydrogens is 456 g/mol. The third-order valence-electron chi connectivity index (χ3n) is 5.18. The van der Waals surface area contributed by atoms with Crippen LogP contribution in [0.4, 0.5) is 4.79 Å². The average Bonchev–Trinajstić information content (AvgIpc) is 2.71. The van der Waals surface area contributed by atoms with Gasteiger partial charge in [0.05, 0.1) is 4.47 Å². The first-order valence-electron chi connectivity index (χ1n) is 11.0. The van der Waals surface area contributed by atoms with Crippen molar-refractivity contribution >= 4 is 22.0 Å². The maximum absolute atomic E-state index is 12.1. The van der Waals surface area contributed by atoms with Gasteiger partial charge < -0.3 is 19.7 Å². The number of rotatable bonds is 7. The highest BCUT2D eigenvalue weighted by molar-refractivity contribution is 9.10. The van der Waals surface area contributed by atoms with Gasteiger partial charge in [-0.25, -0.2) is 4.79 Å². The van der Waals surface area contributed by atoms with E-state index < -0.39 is 5.60 Å². The Morgan fingerprint density at radius 2 is 1.94 bits per heavy atom. The molecule has 1 heterocycles. The second-order valence-electron chi connectivity index (χ2n) is 9.08. The molecule has 0 bridgehead atoms. The van der Waals surface area contributed by atoms with E-state index in [9.17, 15) is 4.79 Å². The number of alkyl carbamates (subject to hydrolysis) is 1. The molecule has 1 fully saturated rings. The molecule has 168 valence electrons. The maximum Gasteiger partial charge on any atom is 0.407 e. The summed E-state index contributed by atoms with van der Waals surface area (Å²) in [4.78, 5) is 14.5. The molecule has 1 N–H and O–H groups in total. The molecule has 6 heteroatoms. The summed E-state index contributed by atoms with van der Waals surface area (Å²) in [7, 11) is 0. The first-order chi connectivity index (χ1) is 14.8. The summed E-state index contributed by atoms with van der Waals surface area (Å²) in [5.41, 5.74) is 1.95. The van der Waals surface area contributed by atoms with Gasteiger partial charge in [0.25, 0.3) is 0 Å². The molecular formula is C25H33BrN2O3. The smallest absolute Gasteiger partial charge is 0.407 e. The number of ether oxygens (including phenoxy) is 2. The van der Waals surface area contributed by atoms with Crippen LogP contribution in [-0.2, 0) is 17.8 Å². The largest absolute Gasteiger partial charge is 0.488 e. The van der Waals surface area contributed by atoms with Gasteiger partial charge in [0.1, 0.15) is 18.0 Å². The third kappa shape index (κ3) is 8.19. The van der Waals surface area contributed by atoms with E-state index in [2.05, 4.69) is 50.4 Å². The van der Waals surface area contributed by atoms with Crippen LogP contribution in [0.1, 0.15) is 44.7 Å². The van der Waals surface area contributed by atoms with E-state index in [1.807, 2.05) is 45.0 Å². The van der Waals surface area contributed by atoms with Crippen LogP contribution in [0.15, 0.2) is 53.0 Å². The number of nitrogens with zero attached hydrogens (tertiary/aromatic N) is 1. The van der Waals surface area contributed by atoms with Crippen molar-refractivity contribution in [2.75, 3.05) is 19.6 Å². The lowest BCUT2D eigenvalue weighted by Gasteiger charge is -2.33. The molecule has 2 aromatic carbocycles. The van der Waals surface area contributed by atoms with E-state index in [1.165, 1.54) is 5.56 Å². The summed E-state index contributed by atoms with van der Waals surface area (Å²) in [6, 6.07) is 16.6. The zero-order chi connectivity index (χ0) is 22.3. The molecule has 1 saturated heterocycles. The standard InChI is InChI=1S/C25H33BrN2O3/c1-25(2,3)31-24(29)27-21-10-7-14-28(17-21)15-13-19-11-12-23(22(26)16-19)30-18-20-8-5-4-6-9-20/h4-6,8-9,11-12,16,21H,7,10,13-15,17-18H2,1-3H3,(H,27,29)/t21-/m0/s1. The van der Waals surface area contributed by atoms with Crippen LogP contribution in [0.2, 0.25) is 0 Å². The first-order valence-corrected chi connectivity index (χ1v) is 11.7. The summed E-state index contributed by atoms with van der Waals surface area (Å²) in [5, 5.41) is 3.02. The number of halogens is 1. The number of nitrogens with one attached hydrogen (secondary N) is 1. The van der Waals surface area contributed by atoms with E-state index in [-0.39, 0.29) is 12.1 Å². The Bertz CT molecular complexity index is 852. The minimum atomic E-state index is -0.469. The van der Waals surface area contributed by atoms with Gasteiger partial charge in [-0.1, -0.05) is 36.4 Å². The molecule has 0 aromatic heterocycles. The highest BCUT2D eigenvalue weighted by Crippen LogP contribution is 2.27. The molecule has 1 atom stereocenters. The molecule has 0 spiro atoms. The molecule has 0 radical (unpaired) electrons. The number of carbonyl (C=O) groups excluding carboxylic acids is 1. The number of piperidine rings is 1. The Balaban J connectivity index is 1.46. The van der Waals surface area contributed by atoms with E-state index in [4.69, 9.17) is 9.47 Å². The van der Waals surface area contributed by atoms with Crippen molar-refractivity contribution in [3.63, 3.8) is 0 Å². The Morgan fingerprint density at radius 3 is 2.65 bits per heavy atom. The lowest BCUT2D eigenvalue weighted by molar-refractivity contribution is 0.0472. The third-order valence-corrected chi connectivity index (χ3v) is 5.80. The van der Waals surface area contributed by atoms with E-state index in [0.717, 1.165) is 54.7 Å². The normalized spacial score (nSPS) is 17.2. The number of hydrogen-bond donors (Lipinski definition) is 1. The second-order valence-corrected chi connectivity index (χ2v) is 9.93. The van der Waals surface area contributed by atoms with Gasteiger partial charge in [0, 0.05) is 19.1 Å². The van der Waals surface area contributed by atoms with Crippen LogP contribution >= 0.6 is 15.9 Å². The molecule has 0 aliphatic carbocycles. The van der Waals surface area contributed by atoms with Crippen LogP contribution in [0, 0.1) is 0 Å². The van der Waals surface area contributed by atoms with Crippen molar-refractivity contribution in [1.82, 2.24) is 10.2 Å². The Kier molecular flexibility index (Phi) is 8.38. The quantitative estimate of drug-likeness (QED) is 0.554. The van der Waals surface area contributed by atoms with Crippen LogP contribution in [-0.4, -0.2) is 42.3 Å². The molecule has 31 heavy (non-hydrogen) atoms. The predicted octanol–water partition coefficient (Wildman–Crippen LogP) is 5.56. The van der Waals surface area contributed by atoms with Crippen molar-refractivity contribution < 1.29 is 14.3 Å². The number of benzene rings is 2. The van der Waals surface area contributed by atoms with Gasteiger partial charge in [-0.3, -0.25) is 0 Å². The average molecular weight is 489 g/mol. The summed E-state index contributed by atoms with van der Waals surface area (Å²) in [5.74, 6) is 0.854. The number of likely N-dealkylation sites (tertiary alicyclic amines) is 1. The highest BCUT2D eigenvalue weighted by Gasteiger charge is 2.24. The number of amides is 1. The van der Waals surface area contributed by atoms with Gasteiger partial charge >= 0.3 is 6.09 Å². The Hall–Kier alpha value is -2.05. The van der Waals surface area contributed by atoms with Crippen molar-refractivity contribution in [3.8, 4) is 5.75 Å². The summed E-state index contributed by atoms with van der Waals surface area (Å²) < 4.78 is 12.3. The SMILES string of the molecule is CC(C)(C)OC(=O)N[C@H]1CCCN(CCc2ccc(OCc3ccccc3)c(Br)c2)C1. The fourth-order valence-electron chi connectivity index (χ4n) is 3.69. The molecule has 2 aromatic rings. The zero-order valence-corrected chi connectivity index (χ0v) is 20.3. The molecule has 1 amide bonds. The maximum atomic E-state index is 12.1. The Morgan fingerprint density at radius 1 is 1.16 bits per heavy atom. The van der Waals surface area contributed by atoms with Crippen LogP contribution in [0.25, 0.3) is 0 Å². The fourth-order valence-corrected chi connectivity index (χ4v) is 4.23. The fraction of sp³-hybridized carbons (Fsp3) is 0.480. The summed E-state index contributed by atoms with van der Waals surface area (Å²) in [6.07, 6.45) is 2.70. The molecule has 0 unspecified atom stereocenters. The predicted molar refractivity (Wildman–Crippen MR) is 127 cm³/mol. The Labute approximate surface area is 194 Å². The summed E-state index contributed by atoms with van der Waals surface area (Å²) >= 11 is 3.65. The molecule has 5 nitrogen and oxygen atoms in total. The molecule has 0 saturated carbocycles. The number of carbonyl (C=O) groups is 1. The monoisotopic (exact) mass is 488 g/mol. The molecule has 3 rings (SSSR count). The van der Waals surface area contributed by atoms with Crippen molar-refractivity contribution in [3.05, 3.63) is 64.1 Å². The van der Waals surface area contributed by atoms with Gasteiger partial charge in [-0.2, -0.15) is 0 Å². The second kappa shape index (κ2) is 11.0. The van der Waals surface area contributed by atoms with Crippen molar-refractivity contribution in [2.24, 2.45) is 0 Å². The van der Waals surface area contributed by atoms with Crippen molar-refractivity contribution in [1.29, 1.82) is 0 Å². The van der Waals surface area contributed by atoms with Gasteiger partial charge in [0.15, 0.2) is 0 Å². The van der Waals surface area contributed by atoms with Crippen LogP contribution < -0.4 is 10.1 Å². The topological polar surface area (TPSA) is 50.8 Å². The van der Waals surface area contributed by atoms with Crippen LogP contribution in [0.5, 0.6) is 5.75 Å². The summed E-state index contributed by atoms with van der Waals surface area (Å²) in [6.45, 7) is 9.09. The first kappa shape index (κ1) is 23.6. The van der Waals surface area contributed by atoms with E-state index >= 15 is 0 Å². The zero-order valence-electron chi connectivity index (χ0n) is 18.7. The van der Waals surface area contributed by atoms with Gasteiger partial charge in [0.2, 0.25) is 0 Å². The van der Waals surface area contributed by atoms with E-state index in [0.29, 0.717) is 6.61 Å². The van der Waals surface area contributed by atoms with Gasteiger partial charge in [-0.15, -0.1) is 0 Å². The molecule has 1 aliphatic heterocycles. The van der Waals surface area contributed by atoms with E-state index in [1.54, 1.807) is 0 Å². The lowest BCUT2D eigenvalue weighted by Crippen LogP contribution is -2.49. The minimum absolute atomic E-state index is 0.143. The number of hydrogen-bond acceptors (Lipinski definition) is 4. The minimum Gasteiger partial charge on any atom is -0.488 e. The van der Waals surface area contributed by atoms with Gasteiger partial charge in [-0.05, 0) is 85.8 Å².